The molecule has 0 bridgehead atoms. The average molecular weight is 262 g/mol. The fourth-order valence-corrected chi connectivity index (χ4v) is 1.78. The molecule has 1 aliphatic heterocycles. The number of nitrogens with zero attached hydrogens (tertiary/aromatic N) is 3. The van der Waals surface area contributed by atoms with E-state index in [9.17, 15) is 0 Å². The predicted octanol–water partition coefficient (Wildman–Crippen LogP) is -6.95. The van der Waals surface area contributed by atoms with Crippen molar-refractivity contribution in [2.75, 3.05) is 40.8 Å². The first-order valence-electron chi connectivity index (χ1n) is 3.72. The summed E-state index contributed by atoms with van der Waals surface area (Å²) >= 11 is 2.12. The molecule has 1 saturated heterocycles. The quantitative estimate of drug-likeness (QED) is 0.438. The zero-order valence-corrected chi connectivity index (χ0v) is 11.0. The van der Waals surface area contributed by atoms with E-state index < -0.39 is 0 Å². The normalized spacial score (nSPS) is 22.5. The third-order valence-electron chi connectivity index (χ3n) is 1.58. The van der Waals surface area contributed by atoms with Crippen LogP contribution in [0, 0.1) is 0 Å². The van der Waals surface area contributed by atoms with Crippen LogP contribution in [-0.4, -0.2) is 54.0 Å². The summed E-state index contributed by atoms with van der Waals surface area (Å²) in [5.41, 5.74) is 0. The second-order valence-electron chi connectivity index (χ2n) is 3.10. The molecule has 1 N–H and O–H groups in total. The fourth-order valence-electron chi connectivity index (χ4n) is 1.22. The summed E-state index contributed by atoms with van der Waals surface area (Å²) < 4.78 is 2.26. The van der Waals surface area contributed by atoms with Gasteiger partial charge < -0.3 is 24.8 Å². The average Bonchev–Trinajstić information content (AvgIpc) is 1.83. The van der Waals surface area contributed by atoms with Gasteiger partial charge in [0.05, 0.1) is 0 Å². The Kier molecular flexibility index (Phi) is 10.8. The Hall–Kier alpha value is 1.13. The molecule has 1 heterocycles. The van der Waals surface area contributed by atoms with Gasteiger partial charge in [-0.05, 0) is 0 Å². The molecule has 1 rings (SSSR count). The fraction of sp³-hybridized carbons (Fsp3) is 1.00. The molecule has 0 spiro atoms. The van der Waals surface area contributed by atoms with Gasteiger partial charge in [-0.1, -0.05) is 0 Å². The van der Waals surface area contributed by atoms with Crippen LogP contribution in [-0.2, 0) is 20.7 Å². The van der Waals surface area contributed by atoms with Crippen LogP contribution < -0.4 is 30.1 Å². The molecule has 0 aromatic carbocycles. The molecule has 13 heavy (non-hydrogen) atoms. The Bertz CT molecular complexity index is 117. The van der Waals surface area contributed by atoms with E-state index in [2.05, 4.69) is 53.3 Å². The Morgan fingerprint density at radius 2 is 1.62 bits per heavy atom. The Morgan fingerprint density at radius 1 is 1.00 bits per heavy atom. The van der Waals surface area contributed by atoms with Crippen molar-refractivity contribution in [3.05, 3.63) is 0 Å². The van der Waals surface area contributed by atoms with Crippen LogP contribution in [0.5, 0.6) is 0 Å². The summed E-state index contributed by atoms with van der Waals surface area (Å²) in [6.07, 6.45) is 0. The van der Waals surface area contributed by atoms with Crippen molar-refractivity contribution in [1.82, 2.24) is 18.5 Å². The van der Waals surface area contributed by atoms with Gasteiger partial charge in [-0.3, -0.25) is 0 Å². The SMILES string of the molecule is CN1CNC[N]([Ti+2])CN(C)C1.[Cl-].[Cl-]. The summed E-state index contributed by atoms with van der Waals surface area (Å²) in [6, 6.07) is 0. The summed E-state index contributed by atoms with van der Waals surface area (Å²) in [7, 11) is 4.26. The van der Waals surface area contributed by atoms with Gasteiger partial charge in [0.2, 0.25) is 0 Å². The molecule has 1 aliphatic rings. The molecule has 1 fully saturated rings. The predicted molar refractivity (Wildman–Crippen MR) is 40.0 cm³/mol. The number of hydrogen-bond donors (Lipinski definition) is 1. The minimum atomic E-state index is 0. The Morgan fingerprint density at radius 3 is 2.23 bits per heavy atom. The summed E-state index contributed by atoms with van der Waals surface area (Å²) in [5, 5.41) is 3.33. The van der Waals surface area contributed by atoms with Crippen molar-refractivity contribution in [2.24, 2.45) is 0 Å². The van der Waals surface area contributed by atoms with Crippen molar-refractivity contribution < 1.29 is 45.5 Å². The monoisotopic (exact) mass is 261 g/mol. The van der Waals surface area contributed by atoms with E-state index in [0.717, 1.165) is 26.7 Å². The molecular formula is C6H15Cl2N4Ti. The van der Waals surface area contributed by atoms with Gasteiger partial charge in [0.1, 0.15) is 0 Å². The van der Waals surface area contributed by atoms with Gasteiger partial charge in [0.25, 0.3) is 0 Å². The van der Waals surface area contributed by atoms with Crippen molar-refractivity contribution in [2.45, 2.75) is 0 Å². The molecule has 0 atom stereocenters. The van der Waals surface area contributed by atoms with E-state index >= 15 is 0 Å². The zero-order chi connectivity index (χ0) is 8.27. The number of hydrogen-bond acceptors (Lipinski definition) is 4. The van der Waals surface area contributed by atoms with E-state index in [-0.39, 0.29) is 24.8 Å². The zero-order valence-electron chi connectivity index (χ0n) is 7.93. The second-order valence-corrected chi connectivity index (χ2v) is 4.09. The second kappa shape index (κ2) is 8.44. The Labute approximate surface area is 105 Å². The third kappa shape index (κ3) is 7.11. The van der Waals surface area contributed by atoms with Crippen LogP contribution in [0.3, 0.4) is 0 Å². The van der Waals surface area contributed by atoms with Crippen molar-refractivity contribution in [1.29, 1.82) is 0 Å². The van der Waals surface area contributed by atoms with Crippen LogP contribution in [0.1, 0.15) is 0 Å². The molecule has 0 saturated carbocycles. The molecule has 77 valence electrons. The van der Waals surface area contributed by atoms with Gasteiger partial charge in [0, 0.05) is 0 Å². The number of nitrogens with one attached hydrogen (secondary N) is 1. The maximum Gasteiger partial charge on any atom is -1.00 e. The van der Waals surface area contributed by atoms with E-state index in [1.807, 2.05) is 0 Å². The van der Waals surface area contributed by atoms with Gasteiger partial charge in [-0.25, -0.2) is 0 Å². The van der Waals surface area contributed by atoms with Crippen molar-refractivity contribution in [3.63, 3.8) is 0 Å². The maximum absolute atomic E-state index is 3.33. The minimum Gasteiger partial charge on any atom is -1.00 e. The molecule has 0 aliphatic carbocycles. The molecular weight excluding hydrogens is 247 g/mol. The summed E-state index contributed by atoms with van der Waals surface area (Å²) in [5.74, 6) is 0. The summed E-state index contributed by atoms with van der Waals surface area (Å²) in [6.45, 7) is 3.98. The van der Waals surface area contributed by atoms with Crippen LogP contribution >= 0.6 is 0 Å². The van der Waals surface area contributed by atoms with Crippen LogP contribution in [0.15, 0.2) is 0 Å². The van der Waals surface area contributed by atoms with Gasteiger partial charge in [0.15, 0.2) is 0 Å². The molecule has 4 nitrogen and oxygen atoms in total. The largest absolute Gasteiger partial charge is 1.00 e. The molecule has 0 aromatic rings. The number of rotatable bonds is 0. The molecule has 0 amide bonds. The van der Waals surface area contributed by atoms with Crippen LogP contribution in [0.25, 0.3) is 0 Å². The third-order valence-corrected chi connectivity index (χ3v) is 2.05. The van der Waals surface area contributed by atoms with Crippen LogP contribution in [0.2, 0.25) is 0 Å². The van der Waals surface area contributed by atoms with E-state index in [1.54, 1.807) is 0 Å². The van der Waals surface area contributed by atoms with E-state index in [4.69, 9.17) is 0 Å². The smallest absolute Gasteiger partial charge is 1.00 e. The topological polar surface area (TPSA) is 21.8 Å². The molecule has 7 heteroatoms. The first kappa shape index (κ1) is 16.6. The van der Waals surface area contributed by atoms with Crippen molar-refractivity contribution >= 4 is 0 Å². The van der Waals surface area contributed by atoms with E-state index in [0.29, 0.717) is 0 Å². The minimum absolute atomic E-state index is 0. The van der Waals surface area contributed by atoms with Crippen LogP contribution in [0.4, 0.5) is 0 Å². The first-order valence-corrected chi connectivity index (χ1v) is 4.42. The van der Waals surface area contributed by atoms with Crippen molar-refractivity contribution in [3.8, 4) is 0 Å². The van der Waals surface area contributed by atoms with Gasteiger partial charge in [-0.2, -0.15) is 0 Å². The Balaban J connectivity index is 0. The standard InChI is InChI=1S/C6H15N4.2ClH.Ti/c1-9-4-7-3-8-5-10(2)6-9;;;/h7H,3-6H2,1-2H3;2*1H;/q-1;;;+3/p-2. The summed E-state index contributed by atoms with van der Waals surface area (Å²) in [4.78, 5) is 4.55. The molecule has 0 aromatic heterocycles. The van der Waals surface area contributed by atoms with Gasteiger partial charge in [-0.15, -0.1) is 0 Å². The molecule has 0 radical (unpaired) electrons. The van der Waals surface area contributed by atoms with E-state index in [1.165, 1.54) is 0 Å². The first-order chi connectivity index (χ1) is 5.18. The molecule has 0 unspecified atom stereocenters. The maximum atomic E-state index is 3.33. The number of halogens is 2. The van der Waals surface area contributed by atoms with Gasteiger partial charge >= 0.3 is 80.0 Å².